The first kappa shape index (κ1) is 21.3. The van der Waals surface area contributed by atoms with Gasteiger partial charge in [0.15, 0.2) is 0 Å². The quantitative estimate of drug-likeness (QED) is 0.665. The third kappa shape index (κ3) is 4.27. The highest BCUT2D eigenvalue weighted by molar-refractivity contribution is 6.04. The lowest BCUT2D eigenvalue weighted by atomic mass is 9.92. The predicted molar refractivity (Wildman–Crippen MR) is 99.3 cm³/mol. The number of nitrogens with one attached hydrogen (secondary N) is 3. The molecule has 2 heterocycles. The number of carbonyl (C=O) groups excluding carboxylic acids is 2. The van der Waals surface area contributed by atoms with E-state index in [0.29, 0.717) is 0 Å². The van der Waals surface area contributed by atoms with E-state index in [0.717, 1.165) is 22.8 Å². The lowest BCUT2D eigenvalue weighted by Crippen LogP contribution is -2.43. The second kappa shape index (κ2) is 8.14. The number of halogens is 3. The first-order chi connectivity index (χ1) is 14.1. The molecule has 1 atom stereocenters. The van der Waals surface area contributed by atoms with Crippen LogP contribution >= 0.6 is 0 Å². The van der Waals surface area contributed by atoms with Gasteiger partial charge in [0.1, 0.15) is 5.82 Å². The highest BCUT2D eigenvalue weighted by Gasteiger charge is 2.36. The molecule has 3 rings (SSSR count). The van der Waals surface area contributed by atoms with Gasteiger partial charge in [0.25, 0.3) is 5.56 Å². The molecule has 12 heteroatoms. The van der Waals surface area contributed by atoms with Crippen LogP contribution in [0.25, 0.3) is 0 Å². The van der Waals surface area contributed by atoms with Gasteiger partial charge < -0.3 is 15.4 Å². The average molecular weight is 426 g/mol. The van der Waals surface area contributed by atoms with E-state index in [4.69, 9.17) is 4.74 Å². The fourth-order valence-electron chi connectivity index (χ4n) is 3.14. The smallest absolute Gasteiger partial charge is 0.383 e. The summed E-state index contributed by atoms with van der Waals surface area (Å²) < 4.78 is 44.6. The Morgan fingerprint density at radius 3 is 2.70 bits per heavy atom. The number of amides is 2. The minimum atomic E-state index is -4.60. The van der Waals surface area contributed by atoms with Crippen LogP contribution in [0, 0.1) is 0 Å². The number of anilines is 2. The Hall–Kier alpha value is -3.41. The zero-order valence-electron chi connectivity index (χ0n) is 15.6. The molecule has 1 aliphatic heterocycles. The zero-order chi connectivity index (χ0) is 22.1. The number of carbonyl (C=O) groups is 2. The van der Waals surface area contributed by atoms with Gasteiger partial charge in [-0.15, -0.1) is 0 Å². The number of fused-ring (bicyclic) bond motifs is 1. The van der Waals surface area contributed by atoms with E-state index in [2.05, 4.69) is 15.6 Å². The summed E-state index contributed by atoms with van der Waals surface area (Å²) in [6, 6.07) is 3.96. The van der Waals surface area contributed by atoms with Crippen LogP contribution in [0.5, 0.6) is 0 Å². The first-order valence-corrected chi connectivity index (χ1v) is 8.75. The average Bonchev–Trinajstić information content (AvgIpc) is 2.66. The van der Waals surface area contributed by atoms with Crippen molar-refractivity contribution in [3.63, 3.8) is 0 Å². The maximum Gasteiger partial charge on any atom is 0.416 e. The number of aromatic nitrogens is 2. The Kier molecular flexibility index (Phi) is 5.78. The molecule has 0 saturated heterocycles. The zero-order valence-corrected chi connectivity index (χ0v) is 15.6. The number of H-pyrrole nitrogens is 1. The standard InChI is InChI=1S/C18H17F3N4O5/c1-30-6-5-25-14-13(16(28)24-17(25)29)11(8-12(26)23-14)15(27)22-10-4-2-3-9(7-10)18(19,20)21/h2-4,7,11H,5-6,8H2,1H3,(H,22,27)(H,23,26)(H,24,28,29)/t11-/m0/s1. The van der Waals surface area contributed by atoms with Gasteiger partial charge in [0.2, 0.25) is 11.8 Å². The minimum absolute atomic E-state index is 0.00328. The van der Waals surface area contributed by atoms with Crippen molar-refractivity contribution < 1.29 is 27.5 Å². The summed E-state index contributed by atoms with van der Waals surface area (Å²) in [6.07, 6.45) is -5.02. The van der Waals surface area contributed by atoms with E-state index >= 15 is 0 Å². The van der Waals surface area contributed by atoms with Crippen LogP contribution < -0.4 is 21.9 Å². The van der Waals surface area contributed by atoms with E-state index < -0.39 is 47.1 Å². The molecule has 0 unspecified atom stereocenters. The first-order valence-electron chi connectivity index (χ1n) is 8.75. The van der Waals surface area contributed by atoms with Crippen molar-refractivity contribution >= 4 is 23.3 Å². The van der Waals surface area contributed by atoms with E-state index in [1.165, 1.54) is 13.2 Å². The largest absolute Gasteiger partial charge is 0.416 e. The molecular formula is C18H17F3N4O5. The van der Waals surface area contributed by atoms with Gasteiger partial charge >= 0.3 is 11.9 Å². The van der Waals surface area contributed by atoms with Crippen molar-refractivity contribution in [3.05, 3.63) is 56.2 Å². The second-order valence-electron chi connectivity index (χ2n) is 6.54. The number of rotatable bonds is 5. The lowest BCUT2D eigenvalue weighted by molar-refractivity contribution is -0.137. The maximum absolute atomic E-state index is 12.9. The van der Waals surface area contributed by atoms with Crippen LogP contribution in [0.3, 0.4) is 0 Å². The van der Waals surface area contributed by atoms with Crippen LogP contribution in [0.15, 0.2) is 33.9 Å². The SMILES string of the molecule is COCCn1c2c(c(=O)[nH]c1=O)[C@@H](C(=O)Nc1cccc(C(F)(F)F)c1)CC(=O)N2. The predicted octanol–water partition coefficient (Wildman–Crippen LogP) is 1.27. The van der Waals surface area contributed by atoms with Crippen LogP contribution in [-0.4, -0.2) is 35.1 Å². The minimum Gasteiger partial charge on any atom is -0.383 e. The van der Waals surface area contributed by atoms with Crippen molar-refractivity contribution in [2.75, 3.05) is 24.4 Å². The third-order valence-electron chi connectivity index (χ3n) is 4.52. The van der Waals surface area contributed by atoms with Crippen LogP contribution in [0.4, 0.5) is 24.7 Å². The van der Waals surface area contributed by atoms with Gasteiger partial charge in [-0.2, -0.15) is 13.2 Å². The molecular weight excluding hydrogens is 409 g/mol. The molecule has 0 saturated carbocycles. The van der Waals surface area contributed by atoms with Crippen molar-refractivity contribution in [2.24, 2.45) is 0 Å². The summed E-state index contributed by atoms with van der Waals surface area (Å²) in [4.78, 5) is 51.5. The van der Waals surface area contributed by atoms with E-state index in [1.54, 1.807) is 0 Å². The molecule has 2 amide bonds. The summed E-state index contributed by atoms with van der Waals surface area (Å²) in [5, 5.41) is 4.72. The molecule has 0 bridgehead atoms. The second-order valence-corrected chi connectivity index (χ2v) is 6.54. The molecule has 9 nitrogen and oxygen atoms in total. The molecule has 160 valence electrons. The number of hydrogen-bond acceptors (Lipinski definition) is 5. The van der Waals surface area contributed by atoms with E-state index in [1.807, 2.05) is 0 Å². The van der Waals surface area contributed by atoms with Gasteiger partial charge in [-0.05, 0) is 18.2 Å². The summed E-state index contributed by atoms with van der Waals surface area (Å²) in [5.74, 6) is -2.92. The van der Waals surface area contributed by atoms with Crippen molar-refractivity contribution in [1.29, 1.82) is 0 Å². The molecule has 3 N–H and O–H groups in total. The molecule has 2 aromatic rings. The number of nitrogens with zero attached hydrogens (tertiary/aromatic N) is 1. The summed E-state index contributed by atoms with van der Waals surface area (Å²) in [6.45, 7) is 0.0893. The number of benzene rings is 1. The molecule has 30 heavy (non-hydrogen) atoms. The Morgan fingerprint density at radius 1 is 1.30 bits per heavy atom. The molecule has 0 radical (unpaired) electrons. The van der Waals surface area contributed by atoms with Gasteiger partial charge in [-0.1, -0.05) is 6.07 Å². The highest BCUT2D eigenvalue weighted by atomic mass is 19.4. The topological polar surface area (TPSA) is 122 Å². The Morgan fingerprint density at radius 2 is 2.03 bits per heavy atom. The van der Waals surface area contributed by atoms with Gasteiger partial charge in [-0.25, -0.2) is 4.79 Å². The summed E-state index contributed by atoms with van der Waals surface area (Å²) in [5.41, 5.74) is -2.93. The van der Waals surface area contributed by atoms with Crippen molar-refractivity contribution in [2.45, 2.75) is 25.1 Å². The van der Waals surface area contributed by atoms with Crippen LogP contribution in [-0.2, 0) is 27.0 Å². The third-order valence-corrected chi connectivity index (χ3v) is 4.52. The van der Waals surface area contributed by atoms with Crippen molar-refractivity contribution in [1.82, 2.24) is 9.55 Å². The fourth-order valence-corrected chi connectivity index (χ4v) is 3.14. The Bertz CT molecular complexity index is 1110. The summed E-state index contributed by atoms with van der Waals surface area (Å²) >= 11 is 0. The number of ether oxygens (including phenoxy) is 1. The number of methoxy groups -OCH3 is 1. The molecule has 1 aliphatic rings. The van der Waals surface area contributed by atoms with Gasteiger partial charge in [0.05, 0.1) is 30.2 Å². The fraction of sp³-hybridized carbons (Fsp3) is 0.333. The normalized spacial score (nSPS) is 16.0. The Labute approximate surface area is 166 Å². The molecule has 0 fully saturated rings. The van der Waals surface area contributed by atoms with E-state index in [9.17, 15) is 32.3 Å². The van der Waals surface area contributed by atoms with Crippen LogP contribution in [0.1, 0.15) is 23.5 Å². The van der Waals surface area contributed by atoms with E-state index in [-0.39, 0.29) is 30.2 Å². The number of aromatic amines is 1. The highest BCUT2D eigenvalue weighted by Crippen LogP contribution is 2.32. The monoisotopic (exact) mass is 426 g/mol. The molecule has 0 spiro atoms. The maximum atomic E-state index is 12.9. The molecule has 0 aliphatic carbocycles. The van der Waals surface area contributed by atoms with Gasteiger partial charge in [0, 0.05) is 19.2 Å². The Balaban J connectivity index is 1.99. The molecule has 1 aromatic heterocycles. The lowest BCUT2D eigenvalue weighted by Gasteiger charge is -2.26. The molecule has 1 aromatic carbocycles. The number of hydrogen-bond donors (Lipinski definition) is 3. The summed E-state index contributed by atoms with van der Waals surface area (Å²) in [7, 11) is 1.40. The van der Waals surface area contributed by atoms with Crippen LogP contribution in [0.2, 0.25) is 0 Å². The van der Waals surface area contributed by atoms with Gasteiger partial charge in [-0.3, -0.25) is 23.9 Å². The number of alkyl halides is 3. The van der Waals surface area contributed by atoms with Crippen molar-refractivity contribution in [3.8, 4) is 0 Å².